The molecule has 2 rings (SSSR count). The Kier molecular flexibility index (Phi) is 8.30. The number of nitrogens with one attached hydrogen (secondary N) is 2. The summed E-state index contributed by atoms with van der Waals surface area (Å²) in [4.78, 5) is 17.4. The zero-order valence-corrected chi connectivity index (χ0v) is 20.1. The fraction of sp³-hybridized carbons (Fsp3) is 0.682. The second-order valence-electron chi connectivity index (χ2n) is 9.44. The highest BCUT2D eigenvalue weighted by molar-refractivity contribution is 7.89. The van der Waals surface area contributed by atoms with Crippen molar-refractivity contribution in [1.82, 2.24) is 14.5 Å². The molecule has 1 aliphatic heterocycles. The van der Waals surface area contributed by atoms with Crippen molar-refractivity contribution in [3.8, 4) is 0 Å². The van der Waals surface area contributed by atoms with E-state index in [1.807, 2.05) is 4.90 Å². The SMILES string of the molecule is CC[C@H](C)CNc1cc(C(=O)N2CCCN(C)CC2)cc(S(=O)(=O)NC(C)(C)C)c1. The maximum atomic E-state index is 13.2. The summed E-state index contributed by atoms with van der Waals surface area (Å²) in [5, 5.41) is 3.32. The van der Waals surface area contributed by atoms with Crippen LogP contribution in [0.15, 0.2) is 23.1 Å². The molecule has 0 unspecified atom stereocenters. The predicted molar refractivity (Wildman–Crippen MR) is 122 cm³/mol. The van der Waals surface area contributed by atoms with Gasteiger partial charge in [0, 0.05) is 43.0 Å². The van der Waals surface area contributed by atoms with Crippen LogP contribution in [-0.4, -0.2) is 69.4 Å². The fourth-order valence-corrected chi connectivity index (χ4v) is 4.80. The maximum Gasteiger partial charge on any atom is 0.254 e. The highest BCUT2D eigenvalue weighted by Gasteiger charge is 2.25. The lowest BCUT2D eigenvalue weighted by Crippen LogP contribution is -2.40. The summed E-state index contributed by atoms with van der Waals surface area (Å²) >= 11 is 0. The predicted octanol–water partition coefficient (Wildman–Crippen LogP) is 3.00. The van der Waals surface area contributed by atoms with Gasteiger partial charge in [0.15, 0.2) is 0 Å². The van der Waals surface area contributed by atoms with Crippen LogP contribution in [0.3, 0.4) is 0 Å². The zero-order valence-electron chi connectivity index (χ0n) is 19.3. The van der Waals surface area contributed by atoms with E-state index < -0.39 is 15.6 Å². The molecular formula is C22H38N4O3S. The van der Waals surface area contributed by atoms with Gasteiger partial charge in [0.25, 0.3) is 5.91 Å². The first-order valence-electron chi connectivity index (χ1n) is 10.8. The van der Waals surface area contributed by atoms with Crippen LogP contribution >= 0.6 is 0 Å². The Morgan fingerprint density at radius 2 is 1.83 bits per heavy atom. The molecule has 1 aromatic rings. The minimum atomic E-state index is -3.76. The summed E-state index contributed by atoms with van der Waals surface area (Å²) in [5.41, 5.74) is 0.448. The van der Waals surface area contributed by atoms with Crippen molar-refractivity contribution in [2.24, 2.45) is 5.92 Å². The molecule has 1 aromatic carbocycles. The van der Waals surface area contributed by atoms with E-state index in [0.29, 0.717) is 30.3 Å². The molecule has 7 nitrogen and oxygen atoms in total. The van der Waals surface area contributed by atoms with Gasteiger partial charge in [-0.25, -0.2) is 13.1 Å². The zero-order chi connectivity index (χ0) is 22.5. The number of carbonyl (C=O) groups excluding carboxylic acids is 1. The molecule has 30 heavy (non-hydrogen) atoms. The Labute approximate surface area is 182 Å². The van der Waals surface area contributed by atoms with Gasteiger partial charge >= 0.3 is 0 Å². The number of carbonyl (C=O) groups is 1. The van der Waals surface area contributed by atoms with E-state index >= 15 is 0 Å². The number of rotatable bonds is 7. The number of likely N-dealkylation sites (N-methyl/N-ethyl adjacent to an activating group) is 1. The lowest BCUT2D eigenvalue weighted by Gasteiger charge is -2.23. The largest absolute Gasteiger partial charge is 0.385 e. The third kappa shape index (κ3) is 7.25. The van der Waals surface area contributed by atoms with Crippen LogP contribution in [-0.2, 0) is 10.0 Å². The van der Waals surface area contributed by atoms with Gasteiger partial charge < -0.3 is 15.1 Å². The normalized spacial score (nSPS) is 17.5. The van der Waals surface area contributed by atoms with Crippen molar-refractivity contribution in [3.63, 3.8) is 0 Å². The summed E-state index contributed by atoms with van der Waals surface area (Å²) < 4.78 is 28.6. The molecule has 1 saturated heterocycles. The summed E-state index contributed by atoms with van der Waals surface area (Å²) in [6.45, 7) is 13.5. The highest BCUT2D eigenvalue weighted by atomic mass is 32.2. The van der Waals surface area contributed by atoms with Gasteiger partial charge in [-0.1, -0.05) is 20.3 Å². The van der Waals surface area contributed by atoms with Gasteiger partial charge in [0.1, 0.15) is 0 Å². The standard InChI is InChI=1S/C22H38N4O3S/c1-7-17(2)16-23-19-13-18(21(27)26-10-8-9-25(6)11-12-26)14-20(15-19)30(28,29)24-22(3,4)5/h13-15,17,23-24H,7-12,16H2,1-6H3/t17-/m0/s1. The quantitative estimate of drug-likeness (QED) is 0.684. The smallest absolute Gasteiger partial charge is 0.254 e. The minimum Gasteiger partial charge on any atom is -0.385 e. The molecule has 0 spiro atoms. The molecule has 0 aromatic heterocycles. The first-order valence-corrected chi connectivity index (χ1v) is 12.3. The molecule has 170 valence electrons. The van der Waals surface area contributed by atoms with Gasteiger partial charge in [-0.05, 0) is 64.9 Å². The monoisotopic (exact) mass is 438 g/mol. The Hall–Kier alpha value is -1.64. The van der Waals surface area contributed by atoms with Crippen molar-refractivity contribution < 1.29 is 13.2 Å². The Morgan fingerprint density at radius 1 is 1.13 bits per heavy atom. The number of hydrogen-bond donors (Lipinski definition) is 2. The summed E-state index contributed by atoms with van der Waals surface area (Å²) in [5.74, 6) is 0.322. The van der Waals surface area contributed by atoms with E-state index in [1.54, 1.807) is 32.9 Å². The number of anilines is 1. The Bertz CT molecular complexity index is 833. The molecule has 8 heteroatoms. The van der Waals surface area contributed by atoms with Crippen LogP contribution in [0, 0.1) is 5.92 Å². The second kappa shape index (κ2) is 10.1. The molecular weight excluding hydrogens is 400 g/mol. The summed E-state index contributed by atoms with van der Waals surface area (Å²) in [6.07, 6.45) is 1.93. The molecule has 1 heterocycles. The number of benzene rings is 1. The fourth-order valence-electron chi connectivity index (χ4n) is 3.31. The molecule has 0 radical (unpaired) electrons. The third-order valence-corrected chi connectivity index (χ3v) is 7.00. The van der Waals surface area contributed by atoms with Crippen LogP contribution in [0.4, 0.5) is 5.69 Å². The number of hydrogen-bond acceptors (Lipinski definition) is 5. The van der Waals surface area contributed by atoms with E-state index in [2.05, 4.69) is 35.8 Å². The van der Waals surface area contributed by atoms with Crippen LogP contribution in [0.1, 0.15) is 57.8 Å². The van der Waals surface area contributed by atoms with Crippen molar-refractivity contribution in [2.45, 2.75) is 57.9 Å². The Balaban J connectivity index is 2.39. The van der Waals surface area contributed by atoms with Crippen molar-refractivity contribution >= 4 is 21.6 Å². The van der Waals surface area contributed by atoms with E-state index in [-0.39, 0.29) is 10.8 Å². The minimum absolute atomic E-state index is 0.113. The van der Waals surface area contributed by atoms with Crippen LogP contribution < -0.4 is 10.0 Å². The second-order valence-corrected chi connectivity index (χ2v) is 11.1. The Morgan fingerprint density at radius 3 is 2.47 bits per heavy atom. The first kappa shape index (κ1) is 24.6. The van der Waals surface area contributed by atoms with Gasteiger partial charge in [-0.15, -0.1) is 0 Å². The number of amides is 1. The average molecular weight is 439 g/mol. The maximum absolute atomic E-state index is 13.2. The summed E-state index contributed by atoms with van der Waals surface area (Å²) in [6, 6.07) is 4.89. The number of sulfonamides is 1. The number of nitrogens with zero attached hydrogens (tertiary/aromatic N) is 2. The molecule has 1 amide bonds. The molecule has 0 bridgehead atoms. The molecule has 0 saturated carbocycles. The molecule has 1 aliphatic rings. The van der Waals surface area contributed by atoms with Crippen molar-refractivity contribution in [2.75, 3.05) is 45.1 Å². The summed E-state index contributed by atoms with van der Waals surface area (Å²) in [7, 11) is -1.70. The van der Waals surface area contributed by atoms with Gasteiger partial charge in [0.05, 0.1) is 4.90 Å². The van der Waals surface area contributed by atoms with Gasteiger partial charge in [-0.3, -0.25) is 4.79 Å². The van der Waals surface area contributed by atoms with Crippen LogP contribution in [0.25, 0.3) is 0 Å². The van der Waals surface area contributed by atoms with E-state index in [0.717, 1.165) is 32.5 Å². The molecule has 1 fully saturated rings. The lowest BCUT2D eigenvalue weighted by molar-refractivity contribution is 0.0762. The van der Waals surface area contributed by atoms with E-state index in [1.165, 1.54) is 6.07 Å². The van der Waals surface area contributed by atoms with Gasteiger partial charge in [-0.2, -0.15) is 0 Å². The molecule has 1 atom stereocenters. The van der Waals surface area contributed by atoms with Crippen LogP contribution in [0.5, 0.6) is 0 Å². The third-order valence-electron chi connectivity index (χ3n) is 5.26. The molecule has 0 aliphatic carbocycles. The topological polar surface area (TPSA) is 81.8 Å². The molecule has 2 N–H and O–H groups in total. The first-order chi connectivity index (χ1) is 13.9. The average Bonchev–Trinajstić information content (AvgIpc) is 2.87. The van der Waals surface area contributed by atoms with E-state index in [4.69, 9.17) is 0 Å². The lowest BCUT2D eigenvalue weighted by atomic mass is 10.1. The van der Waals surface area contributed by atoms with Crippen LogP contribution in [0.2, 0.25) is 0 Å². The van der Waals surface area contributed by atoms with Crippen molar-refractivity contribution in [1.29, 1.82) is 0 Å². The van der Waals surface area contributed by atoms with Gasteiger partial charge in [0.2, 0.25) is 10.0 Å². The van der Waals surface area contributed by atoms with E-state index in [9.17, 15) is 13.2 Å². The van der Waals surface area contributed by atoms with Crippen molar-refractivity contribution in [3.05, 3.63) is 23.8 Å². The highest BCUT2D eigenvalue weighted by Crippen LogP contribution is 2.23.